The van der Waals surface area contributed by atoms with Crippen LogP contribution in [0.3, 0.4) is 0 Å². The van der Waals surface area contributed by atoms with Gasteiger partial charge in [0, 0.05) is 0 Å². The van der Waals surface area contributed by atoms with Crippen LogP contribution in [-0.4, -0.2) is 0 Å². The van der Waals surface area contributed by atoms with Gasteiger partial charge in [0.15, 0.2) is 0 Å². The van der Waals surface area contributed by atoms with Gasteiger partial charge in [0.2, 0.25) is 0 Å². The summed E-state index contributed by atoms with van der Waals surface area (Å²) in [6.45, 7) is 4.05. The van der Waals surface area contributed by atoms with Crippen LogP contribution in [-0.2, 0) is 6.42 Å². The third-order valence-corrected chi connectivity index (χ3v) is 2.51. The second kappa shape index (κ2) is 4.75. The van der Waals surface area contributed by atoms with Crippen molar-refractivity contribution in [1.82, 2.24) is 0 Å². The molecule has 0 atom stereocenters. The zero-order chi connectivity index (χ0) is 11.4. The fourth-order valence-electron chi connectivity index (χ4n) is 1.62. The van der Waals surface area contributed by atoms with Crippen LogP contribution in [0.4, 0.5) is 4.39 Å². The van der Waals surface area contributed by atoms with E-state index in [1.54, 1.807) is 12.1 Å². The van der Waals surface area contributed by atoms with Crippen molar-refractivity contribution in [3.05, 3.63) is 78.1 Å². The fraction of sp³-hybridized carbons (Fsp3) is 0.0667. The summed E-state index contributed by atoms with van der Waals surface area (Å²) >= 11 is 0. The van der Waals surface area contributed by atoms with E-state index in [0.29, 0.717) is 0 Å². The van der Waals surface area contributed by atoms with E-state index < -0.39 is 0 Å². The topological polar surface area (TPSA) is 0 Å². The highest BCUT2D eigenvalue weighted by Crippen LogP contribution is 2.17. The molecular weight excluding hydrogens is 199 g/mol. The predicted octanol–water partition coefficient (Wildman–Crippen LogP) is 4.08. The Morgan fingerprint density at radius 2 is 1.56 bits per heavy atom. The van der Waals surface area contributed by atoms with Crippen LogP contribution in [0.2, 0.25) is 0 Å². The molecule has 2 aromatic carbocycles. The predicted molar refractivity (Wildman–Crippen MR) is 65.6 cm³/mol. The molecule has 0 radical (unpaired) electrons. The van der Waals surface area contributed by atoms with Crippen LogP contribution in [0, 0.1) is 5.82 Å². The van der Waals surface area contributed by atoms with E-state index in [-0.39, 0.29) is 5.82 Å². The largest absolute Gasteiger partial charge is 0.207 e. The van der Waals surface area contributed by atoms with Crippen molar-refractivity contribution in [3.63, 3.8) is 0 Å². The Bertz CT molecular complexity index is 469. The zero-order valence-electron chi connectivity index (χ0n) is 8.99. The zero-order valence-corrected chi connectivity index (χ0v) is 8.99. The summed E-state index contributed by atoms with van der Waals surface area (Å²) in [5.74, 6) is -0.200. The van der Waals surface area contributed by atoms with E-state index >= 15 is 0 Å². The van der Waals surface area contributed by atoms with Crippen LogP contribution in [0.15, 0.2) is 61.2 Å². The maximum absolute atomic E-state index is 12.7. The third kappa shape index (κ3) is 2.57. The minimum atomic E-state index is -0.200. The smallest absolute Gasteiger partial charge is 0.123 e. The molecule has 0 nitrogen and oxygen atoms in total. The molecule has 0 unspecified atom stereocenters. The lowest BCUT2D eigenvalue weighted by molar-refractivity contribution is 0.627. The Hall–Kier alpha value is -1.89. The summed E-state index contributed by atoms with van der Waals surface area (Å²) in [6, 6.07) is 16.6. The lowest BCUT2D eigenvalue weighted by Crippen LogP contribution is -1.89. The van der Waals surface area contributed by atoms with Crippen molar-refractivity contribution in [2.24, 2.45) is 0 Å². The van der Waals surface area contributed by atoms with Crippen LogP contribution < -0.4 is 0 Å². The molecule has 0 bridgehead atoms. The van der Waals surface area contributed by atoms with Gasteiger partial charge in [-0.15, -0.1) is 0 Å². The Kier molecular flexibility index (Phi) is 3.16. The molecule has 0 aliphatic rings. The molecule has 0 spiro atoms. The maximum atomic E-state index is 12.7. The van der Waals surface area contributed by atoms with Crippen LogP contribution >= 0.6 is 0 Å². The summed E-state index contributed by atoms with van der Waals surface area (Å²) in [5, 5.41) is 0. The monoisotopic (exact) mass is 212 g/mol. The standard InChI is InChI=1S/C15H13F/c1-12(14-5-3-2-4-6-14)11-13-7-9-15(16)10-8-13/h2-10H,1,11H2. The lowest BCUT2D eigenvalue weighted by atomic mass is 10.00. The van der Waals surface area contributed by atoms with E-state index in [1.165, 1.54) is 12.1 Å². The molecule has 0 heterocycles. The first-order valence-electron chi connectivity index (χ1n) is 5.23. The molecule has 0 aliphatic carbocycles. The van der Waals surface area contributed by atoms with Gasteiger partial charge in [-0.3, -0.25) is 0 Å². The lowest BCUT2D eigenvalue weighted by Gasteiger charge is -2.05. The highest BCUT2D eigenvalue weighted by molar-refractivity contribution is 5.65. The van der Waals surface area contributed by atoms with Crippen LogP contribution in [0.25, 0.3) is 5.57 Å². The normalized spacial score (nSPS) is 10.1. The van der Waals surface area contributed by atoms with Crippen molar-refractivity contribution in [2.75, 3.05) is 0 Å². The molecule has 0 fully saturated rings. The van der Waals surface area contributed by atoms with Gasteiger partial charge >= 0.3 is 0 Å². The third-order valence-electron chi connectivity index (χ3n) is 2.51. The molecule has 0 N–H and O–H groups in total. The molecular formula is C15H13F. The highest BCUT2D eigenvalue weighted by Gasteiger charge is 2.00. The van der Waals surface area contributed by atoms with Gasteiger partial charge in [-0.2, -0.15) is 0 Å². The number of halogens is 1. The Balaban J connectivity index is 2.11. The Morgan fingerprint density at radius 1 is 0.938 bits per heavy atom. The molecule has 0 aromatic heterocycles. The van der Waals surface area contributed by atoms with E-state index in [2.05, 4.69) is 6.58 Å². The number of rotatable bonds is 3. The molecule has 0 aliphatic heterocycles. The van der Waals surface area contributed by atoms with E-state index in [0.717, 1.165) is 23.1 Å². The van der Waals surface area contributed by atoms with Crippen LogP contribution in [0.5, 0.6) is 0 Å². The first kappa shape index (κ1) is 10.6. The molecule has 2 aromatic rings. The van der Waals surface area contributed by atoms with Crippen molar-refractivity contribution < 1.29 is 4.39 Å². The number of hydrogen-bond acceptors (Lipinski definition) is 0. The van der Waals surface area contributed by atoms with Gasteiger partial charge in [-0.25, -0.2) is 4.39 Å². The summed E-state index contributed by atoms with van der Waals surface area (Å²) in [6.07, 6.45) is 0.754. The summed E-state index contributed by atoms with van der Waals surface area (Å²) < 4.78 is 12.7. The SMILES string of the molecule is C=C(Cc1ccc(F)cc1)c1ccccc1. The van der Waals surface area contributed by atoms with E-state index in [4.69, 9.17) is 0 Å². The second-order valence-electron chi connectivity index (χ2n) is 3.77. The molecule has 1 heteroatoms. The molecule has 0 saturated heterocycles. The van der Waals surface area contributed by atoms with Gasteiger partial charge in [0.05, 0.1) is 0 Å². The molecule has 0 saturated carbocycles. The Morgan fingerprint density at radius 3 is 2.19 bits per heavy atom. The molecule has 16 heavy (non-hydrogen) atoms. The fourth-order valence-corrected chi connectivity index (χ4v) is 1.62. The van der Waals surface area contributed by atoms with Crippen molar-refractivity contribution in [1.29, 1.82) is 0 Å². The van der Waals surface area contributed by atoms with E-state index in [1.807, 2.05) is 30.3 Å². The molecule has 80 valence electrons. The Labute approximate surface area is 95.1 Å². The number of benzene rings is 2. The van der Waals surface area contributed by atoms with Crippen molar-refractivity contribution in [2.45, 2.75) is 6.42 Å². The second-order valence-corrected chi connectivity index (χ2v) is 3.77. The minimum absolute atomic E-state index is 0.200. The molecule has 2 rings (SSSR count). The van der Waals surface area contributed by atoms with Gasteiger partial charge in [-0.1, -0.05) is 49.0 Å². The van der Waals surface area contributed by atoms with Gasteiger partial charge in [-0.05, 0) is 35.3 Å². The number of allylic oxidation sites excluding steroid dienone is 1. The summed E-state index contributed by atoms with van der Waals surface area (Å²) in [7, 11) is 0. The van der Waals surface area contributed by atoms with Gasteiger partial charge in [0.1, 0.15) is 5.82 Å². The minimum Gasteiger partial charge on any atom is -0.207 e. The van der Waals surface area contributed by atoms with Gasteiger partial charge in [0.25, 0.3) is 0 Å². The highest BCUT2D eigenvalue weighted by atomic mass is 19.1. The summed E-state index contributed by atoms with van der Waals surface area (Å²) in [4.78, 5) is 0. The average molecular weight is 212 g/mol. The number of hydrogen-bond donors (Lipinski definition) is 0. The van der Waals surface area contributed by atoms with Crippen molar-refractivity contribution >= 4 is 5.57 Å². The maximum Gasteiger partial charge on any atom is 0.123 e. The quantitative estimate of drug-likeness (QED) is 0.719. The summed E-state index contributed by atoms with van der Waals surface area (Å²) in [5.41, 5.74) is 3.26. The van der Waals surface area contributed by atoms with Gasteiger partial charge < -0.3 is 0 Å². The average Bonchev–Trinajstić information content (AvgIpc) is 2.33. The van der Waals surface area contributed by atoms with Crippen LogP contribution in [0.1, 0.15) is 11.1 Å². The van der Waals surface area contributed by atoms with Crippen molar-refractivity contribution in [3.8, 4) is 0 Å². The first-order chi connectivity index (χ1) is 7.75. The molecule has 0 amide bonds. The van der Waals surface area contributed by atoms with E-state index in [9.17, 15) is 4.39 Å². The first-order valence-corrected chi connectivity index (χ1v) is 5.23.